The molecule has 21 heavy (non-hydrogen) atoms. The molecule has 2 N–H and O–H groups in total. The van der Waals surface area contributed by atoms with Crippen LogP contribution < -0.4 is 10.6 Å². The van der Waals surface area contributed by atoms with Gasteiger partial charge in [-0.25, -0.2) is 4.79 Å². The summed E-state index contributed by atoms with van der Waals surface area (Å²) in [6.45, 7) is 4.72. The van der Waals surface area contributed by atoms with Crippen molar-refractivity contribution >= 4 is 6.03 Å². The minimum atomic E-state index is -0.454. The number of nitrogens with zero attached hydrogens (tertiary/aromatic N) is 2. The van der Waals surface area contributed by atoms with E-state index >= 15 is 0 Å². The lowest BCUT2D eigenvalue weighted by atomic mass is 9.97. The van der Waals surface area contributed by atoms with Gasteiger partial charge in [-0.15, -0.1) is 0 Å². The third-order valence-corrected chi connectivity index (χ3v) is 5.10. The number of hydrogen-bond acceptors (Lipinski definition) is 4. The number of aryl methyl sites for hydroxylation is 1. The highest BCUT2D eigenvalue weighted by Gasteiger charge is 2.43. The number of hydrogen-bond donors (Lipinski definition) is 2. The van der Waals surface area contributed by atoms with Crippen LogP contribution in [0.25, 0.3) is 0 Å². The highest BCUT2D eigenvalue weighted by Crippen LogP contribution is 2.47. The lowest BCUT2D eigenvalue weighted by Gasteiger charge is -2.27. The summed E-state index contributed by atoms with van der Waals surface area (Å²) in [6, 6.07) is -0.112. The number of rotatable bonds is 5. The lowest BCUT2D eigenvalue weighted by Crippen LogP contribution is -2.50. The predicted octanol–water partition coefficient (Wildman–Crippen LogP) is 2.64. The van der Waals surface area contributed by atoms with Crippen molar-refractivity contribution in [2.75, 3.05) is 6.54 Å². The number of urea groups is 1. The average Bonchev–Trinajstić information content (AvgIpc) is 2.87. The molecule has 1 aromatic heterocycles. The van der Waals surface area contributed by atoms with Crippen molar-refractivity contribution in [1.29, 1.82) is 0 Å². The van der Waals surface area contributed by atoms with E-state index in [1.54, 1.807) is 6.92 Å². The molecule has 0 spiro atoms. The summed E-state index contributed by atoms with van der Waals surface area (Å²) < 4.78 is 5.09. The smallest absolute Gasteiger partial charge is 0.315 e. The van der Waals surface area contributed by atoms with Gasteiger partial charge in [-0.1, -0.05) is 24.9 Å². The van der Waals surface area contributed by atoms with Crippen molar-refractivity contribution in [2.24, 2.45) is 5.41 Å². The highest BCUT2D eigenvalue weighted by molar-refractivity contribution is 5.75. The molecular weight excluding hydrogens is 268 g/mol. The molecule has 2 aliphatic carbocycles. The zero-order valence-corrected chi connectivity index (χ0v) is 12.9. The number of carbonyl (C=O) groups excluding carboxylic acids is 1. The Kier molecular flexibility index (Phi) is 3.63. The minimum absolute atomic E-state index is 0.112. The van der Waals surface area contributed by atoms with Gasteiger partial charge in [0.2, 0.25) is 5.89 Å². The van der Waals surface area contributed by atoms with Gasteiger partial charge in [0.15, 0.2) is 5.82 Å². The maximum atomic E-state index is 12.3. The van der Waals surface area contributed by atoms with Crippen molar-refractivity contribution < 1.29 is 9.32 Å². The molecule has 6 nitrogen and oxygen atoms in total. The molecule has 2 fully saturated rings. The summed E-state index contributed by atoms with van der Waals surface area (Å²) in [6.07, 6.45) is 7.47. The van der Waals surface area contributed by atoms with Crippen LogP contribution in [0, 0.1) is 12.3 Å². The second kappa shape index (κ2) is 5.31. The van der Waals surface area contributed by atoms with E-state index in [0.29, 0.717) is 17.1 Å². The van der Waals surface area contributed by atoms with Gasteiger partial charge >= 0.3 is 6.03 Å². The van der Waals surface area contributed by atoms with Crippen molar-refractivity contribution in [1.82, 2.24) is 20.8 Å². The van der Waals surface area contributed by atoms with Crippen LogP contribution in [0.3, 0.4) is 0 Å². The molecule has 6 heteroatoms. The average molecular weight is 292 g/mol. The first-order chi connectivity index (χ1) is 10.1. The van der Waals surface area contributed by atoms with Crippen LogP contribution in [0.4, 0.5) is 4.79 Å². The van der Waals surface area contributed by atoms with E-state index in [9.17, 15) is 4.79 Å². The fraction of sp³-hybridized carbons (Fsp3) is 0.800. The second-order valence-corrected chi connectivity index (χ2v) is 6.59. The summed E-state index contributed by atoms with van der Waals surface area (Å²) in [5, 5.41) is 10.2. The van der Waals surface area contributed by atoms with Crippen LogP contribution in [0.2, 0.25) is 0 Å². The molecule has 0 aliphatic heterocycles. The van der Waals surface area contributed by atoms with Gasteiger partial charge < -0.3 is 15.2 Å². The summed E-state index contributed by atoms with van der Waals surface area (Å²) in [7, 11) is 0. The molecule has 1 aromatic rings. The fourth-order valence-corrected chi connectivity index (χ4v) is 3.24. The standard InChI is InChI=1S/C15H24N4O2/c1-3-14(8-9-14)10-16-13(20)18-15(6-4-5-7-15)12-17-11(2)21-19-12/h3-10H2,1-2H3,(H2,16,18,20). The van der Waals surface area contributed by atoms with Crippen LogP contribution in [-0.4, -0.2) is 22.7 Å². The summed E-state index contributed by atoms with van der Waals surface area (Å²) in [4.78, 5) is 16.6. The van der Waals surface area contributed by atoms with Gasteiger partial charge in [0.05, 0.1) is 0 Å². The van der Waals surface area contributed by atoms with E-state index in [2.05, 4.69) is 27.7 Å². The van der Waals surface area contributed by atoms with Gasteiger partial charge in [0, 0.05) is 13.5 Å². The Labute approximate surface area is 125 Å². The lowest BCUT2D eigenvalue weighted by molar-refractivity contribution is 0.218. The third-order valence-electron chi connectivity index (χ3n) is 5.10. The van der Waals surface area contributed by atoms with Gasteiger partial charge in [-0.3, -0.25) is 0 Å². The first-order valence-corrected chi connectivity index (χ1v) is 7.94. The van der Waals surface area contributed by atoms with Crippen LogP contribution in [0.5, 0.6) is 0 Å². The molecule has 2 saturated carbocycles. The molecule has 0 unspecified atom stereocenters. The van der Waals surface area contributed by atoms with Crippen molar-refractivity contribution in [3.63, 3.8) is 0 Å². The maximum Gasteiger partial charge on any atom is 0.315 e. The topological polar surface area (TPSA) is 80.0 Å². The van der Waals surface area contributed by atoms with Gasteiger partial charge in [-0.05, 0) is 37.5 Å². The highest BCUT2D eigenvalue weighted by atomic mass is 16.5. The van der Waals surface area contributed by atoms with Gasteiger partial charge in [0.1, 0.15) is 5.54 Å². The molecule has 0 radical (unpaired) electrons. The third kappa shape index (κ3) is 2.89. The Morgan fingerprint density at radius 2 is 2.00 bits per heavy atom. The molecule has 3 rings (SSSR count). The largest absolute Gasteiger partial charge is 0.340 e. The minimum Gasteiger partial charge on any atom is -0.340 e. The quantitative estimate of drug-likeness (QED) is 0.874. The molecule has 116 valence electrons. The predicted molar refractivity (Wildman–Crippen MR) is 77.7 cm³/mol. The molecule has 1 heterocycles. The molecule has 2 aliphatic rings. The Morgan fingerprint density at radius 1 is 1.29 bits per heavy atom. The number of amides is 2. The van der Waals surface area contributed by atoms with E-state index in [1.165, 1.54) is 12.8 Å². The SMILES string of the molecule is CCC1(CNC(=O)NC2(c3noc(C)n3)CCCC2)CC1. The van der Waals surface area contributed by atoms with E-state index < -0.39 is 5.54 Å². The molecular formula is C15H24N4O2. The van der Waals surface area contributed by atoms with E-state index in [0.717, 1.165) is 38.6 Å². The normalized spacial score (nSPS) is 22.0. The van der Waals surface area contributed by atoms with Crippen LogP contribution in [-0.2, 0) is 5.54 Å². The second-order valence-electron chi connectivity index (χ2n) is 6.59. The zero-order valence-electron chi connectivity index (χ0n) is 12.9. The molecule has 0 atom stereocenters. The van der Waals surface area contributed by atoms with Crippen molar-refractivity contribution in [3.8, 4) is 0 Å². The Morgan fingerprint density at radius 3 is 2.52 bits per heavy atom. The Balaban J connectivity index is 1.64. The first kappa shape index (κ1) is 14.4. The van der Waals surface area contributed by atoms with E-state index in [1.807, 2.05) is 0 Å². The monoisotopic (exact) mass is 292 g/mol. The number of nitrogens with one attached hydrogen (secondary N) is 2. The fourth-order valence-electron chi connectivity index (χ4n) is 3.24. The zero-order chi connectivity index (χ0) is 14.9. The first-order valence-electron chi connectivity index (χ1n) is 7.94. The van der Waals surface area contributed by atoms with E-state index in [4.69, 9.17) is 4.52 Å². The summed E-state index contributed by atoms with van der Waals surface area (Å²) >= 11 is 0. The van der Waals surface area contributed by atoms with Gasteiger partial charge in [-0.2, -0.15) is 4.98 Å². The van der Waals surface area contributed by atoms with Crippen molar-refractivity contribution in [3.05, 3.63) is 11.7 Å². The Bertz CT molecular complexity index is 515. The molecule has 0 aromatic carbocycles. The Hall–Kier alpha value is -1.59. The maximum absolute atomic E-state index is 12.3. The van der Waals surface area contributed by atoms with Crippen molar-refractivity contribution in [2.45, 2.75) is 64.3 Å². The number of carbonyl (C=O) groups is 1. The summed E-state index contributed by atoms with van der Waals surface area (Å²) in [5.74, 6) is 1.16. The number of aromatic nitrogens is 2. The molecule has 0 saturated heterocycles. The summed E-state index contributed by atoms with van der Waals surface area (Å²) in [5.41, 5.74) is -0.103. The van der Waals surface area contributed by atoms with Crippen LogP contribution in [0.15, 0.2) is 4.52 Å². The van der Waals surface area contributed by atoms with E-state index in [-0.39, 0.29) is 6.03 Å². The molecule has 2 amide bonds. The van der Waals surface area contributed by atoms with Crippen LogP contribution in [0.1, 0.15) is 63.6 Å². The molecule has 0 bridgehead atoms. The van der Waals surface area contributed by atoms with Gasteiger partial charge in [0.25, 0.3) is 0 Å². The van der Waals surface area contributed by atoms with Crippen LogP contribution >= 0.6 is 0 Å².